The van der Waals surface area contributed by atoms with Gasteiger partial charge in [-0.1, -0.05) is 11.6 Å². The van der Waals surface area contributed by atoms with Gasteiger partial charge in [-0.05, 0) is 31.0 Å². The summed E-state index contributed by atoms with van der Waals surface area (Å²) in [6.07, 6.45) is 1.15. The van der Waals surface area contributed by atoms with E-state index in [1.807, 2.05) is 0 Å². The summed E-state index contributed by atoms with van der Waals surface area (Å²) in [5, 5.41) is 12.2. The van der Waals surface area contributed by atoms with E-state index in [1.54, 1.807) is 18.2 Å². The number of nitrogens with one attached hydrogen (secondary N) is 1. The Morgan fingerprint density at radius 2 is 2.25 bits per heavy atom. The fourth-order valence-corrected chi connectivity index (χ4v) is 2.40. The molecule has 0 aliphatic carbocycles. The summed E-state index contributed by atoms with van der Waals surface area (Å²) in [4.78, 5) is 24.5. The largest absolute Gasteiger partial charge is 0.495 e. The number of amides is 2. The monoisotopic (exact) mass is 298 g/mol. The van der Waals surface area contributed by atoms with Gasteiger partial charge in [0.05, 0.1) is 12.8 Å². The van der Waals surface area contributed by atoms with Gasteiger partial charge < -0.3 is 20.1 Å². The van der Waals surface area contributed by atoms with E-state index in [-0.39, 0.29) is 0 Å². The van der Waals surface area contributed by atoms with Gasteiger partial charge in [-0.25, -0.2) is 9.59 Å². The van der Waals surface area contributed by atoms with Gasteiger partial charge in [0.1, 0.15) is 11.8 Å². The molecule has 0 spiro atoms. The third kappa shape index (κ3) is 2.96. The Hall–Kier alpha value is -1.95. The molecular weight excluding hydrogens is 284 g/mol. The third-order valence-corrected chi connectivity index (χ3v) is 3.44. The fraction of sp³-hybridized carbons (Fsp3) is 0.385. The molecule has 2 amide bonds. The molecule has 1 aliphatic heterocycles. The van der Waals surface area contributed by atoms with Gasteiger partial charge in [0.15, 0.2) is 0 Å². The number of rotatable bonds is 3. The number of carbonyl (C=O) groups excluding carboxylic acids is 1. The third-order valence-electron chi connectivity index (χ3n) is 3.20. The maximum atomic E-state index is 12.2. The van der Waals surface area contributed by atoms with Crippen LogP contribution in [0.25, 0.3) is 0 Å². The van der Waals surface area contributed by atoms with E-state index in [4.69, 9.17) is 21.4 Å². The van der Waals surface area contributed by atoms with E-state index in [9.17, 15) is 9.59 Å². The number of hydrogen-bond acceptors (Lipinski definition) is 3. The lowest BCUT2D eigenvalue weighted by molar-refractivity contribution is -0.141. The Balaban J connectivity index is 2.15. The molecule has 7 heteroatoms. The molecule has 0 unspecified atom stereocenters. The number of carboxylic acids is 1. The van der Waals surface area contributed by atoms with Crippen LogP contribution in [0, 0.1) is 0 Å². The van der Waals surface area contributed by atoms with Gasteiger partial charge in [0, 0.05) is 11.6 Å². The first-order chi connectivity index (χ1) is 9.52. The van der Waals surface area contributed by atoms with E-state index in [1.165, 1.54) is 12.0 Å². The smallest absolute Gasteiger partial charge is 0.326 e. The second-order valence-electron chi connectivity index (χ2n) is 4.46. The number of halogens is 1. The maximum Gasteiger partial charge on any atom is 0.326 e. The number of likely N-dealkylation sites (tertiary alicyclic amines) is 1. The number of benzene rings is 1. The zero-order valence-electron chi connectivity index (χ0n) is 10.9. The van der Waals surface area contributed by atoms with Crippen LogP contribution >= 0.6 is 11.6 Å². The van der Waals surface area contributed by atoms with Crippen molar-refractivity contribution in [3.05, 3.63) is 23.2 Å². The first-order valence-electron chi connectivity index (χ1n) is 6.17. The summed E-state index contributed by atoms with van der Waals surface area (Å²) in [6.45, 7) is 0.422. The number of methoxy groups -OCH3 is 1. The zero-order chi connectivity index (χ0) is 14.7. The standard InChI is InChI=1S/C13H15ClN2O4/c1-20-11-5-4-8(14)7-9(11)15-13(19)16-6-2-3-10(16)12(17)18/h4-5,7,10H,2-3,6H2,1H3,(H,15,19)(H,17,18)/t10-/m0/s1. The summed E-state index contributed by atoms with van der Waals surface area (Å²) in [5.41, 5.74) is 0.418. The van der Waals surface area contributed by atoms with Crippen LogP contribution in [-0.4, -0.2) is 41.7 Å². The molecular formula is C13H15ClN2O4. The molecule has 1 atom stereocenters. The van der Waals surface area contributed by atoms with Crippen LogP contribution in [0.4, 0.5) is 10.5 Å². The summed E-state index contributed by atoms with van der Waals surface area (Å²) in [5.74, 6) is -0.524. The van der Waals surface area contributed by atoms with Crippen LogP contribution in [0.2, 0.25) is 5.02 Å². The van der Waals surface area contributed by atoms with Crippen molar-refractivity contribution >= 4 is 29.3 Å². The van der Waals surface area contributed by atoms with E-state index in [2.05, 4.69) is 5.32 Å². The van der Waals surface area contributed by atoms with Crippen LogP contribution in [0.1, 0.15) is 12.8 Å². The number of hydrogen-bond donors (Lipinski definition) is 2. The Labute approximate surface area is 121 Å². The molecule has 2 N–H and O–H groups in total. The number of nitrogens with zero attached hydrogens (tertiary/aromatic N) is 1. The van der Waals surface area contributed by atoms with Crippen LogP contribution < -0.4 is 10.1 Å². The highest BCUT2D eigenvalue weighted by Gasteiger charge is 2.34. The topological polar surface area (TPSA) is 78.9 Å². The molecule has 20 heavy (non-hydrogen) atoms. The number of urea groups is 1. The van der Waals surface area contributed by atoms with Crippen molar-refractivity contribution in [1.82, 2.24) is 4.90 Å². The molecule has 1 fully saturated rings. The van der Waals surface area contributed by atoms with E-state index >= 15 is 0 Å². The highest BCUT2D eigenvalue weighted by Crippen LogP contribution is 2.28. The van der Waals surface area contributed by atoms with Gasteiger partial charge in [-0.15, -0.1) is 0 Å². The average Bonchev–Trinajstić information content (AvgIpc) is 2.88. The van der Waals surface area contributed by atoms with Gasteiger partial charge >= 0.3 is 12.0 Å². The molecule has 0 aromatic heterocycles. The fourth-order valence-electron chi connectivity index (χ4n) is 2.23. The molecule has 1 aromatic rings. The summed E-state index contributed by atoms with van der Waals surface area (Å²) >= 11 is 5.88. The minimum Gasteiger partial charge on any atom is -0.495 e. The van der Waals surface area contributed by atoms with Crippen molar-refractivity contribution in [1.29, 1.82) is 0 Å². The summed E-state index contributed by atoms with van der Waals surface area (Å²) in [7, 11) is 1.48. The number of aliphatic carboxylic acids is 1. The lowest BCUT2D eigenvalue weighted by Crippen LogP contribution is -2.42. The van der Waals surface area contributed by atoms with Crippen molar-refractivity contribution in [2.45, 2.75) is 18.9 Å². The molecule has 1 saturated heterocycles. The predicted molar refractivity (Wildman–Crippen MR) is 74.4 cm³/mol. The summed E-state index contributed by atoms with van der Waals surface area (Å²) < 4.78 is 5.13. The van der Waals surface area contributed by atoms with Crippen LogP contribution in [0.5, 0.6) is 5.75 Å². The molecule has 1 heterocycles. The van der Waals surface area contributed by atoms with Crippen molar-refractivity contribution in [2.75, 3.05) is 19.0 Å². The highest BCUT2D eigenvalue weighted by molar-refractivity contribution is 6.31. The first-order valence-corrected chi connectivity index (χ1v) is 6.54. The highest BCUT2D eigenvalue weighted by atomic mass is 35.5. The van der Waals surface area contributed by atoms with Gasteiger partial charge in [-0.3, -0.25) is 0 Å². The van der Waals surface area contributed by atoms with Crippen molar-refractivity contribution in [3.63, 3.8) is 0 Å². The predicted octanol–water partition coefficient (Wildman–Crippen LogP) is 2.43. The molecule has 1 aliphatic rings. The minimum atomic E-state index is -0.990. The Kier molecular flexibility index (Phi) is 4.34. The van der Waals surface area contributed by atoms with Crippen molar-refractivity contribution in [2.24, 2.45) is 0 Å². The number of ether oxygens (including phenoxy) is 1. The average molecular weight is 299 g/mol. The first kappa shape index (κ1) is 14.5. The molecule has 1 aromatic carbocycles. The summed E-state index contributed by atoms with van der Waals surface area (Å²) in [6, 6.07) is 3.60. The Morgan fingerprint density at radius 1 is 1.50 bits per heavy atom. The van der Waals surface area contributed by atoms with Crippen LogP contribution in [0.15, 0.2) is 18.2 Å². The molecule has 0 bridgehead atoms. The zero-order valence-corrected chi connectivity index (χ0v) is 11.7. The molecule has 0 saturated carbocycles. The number of carbonyl (C=O) groups is 2. The lowest BCUT2D eigenvalue weighted by Gasteiger charge is -2.22. The van der Waals surface area contributed by atoms with Crippen molar-refractivity contribution < 1.29 is 19.4 Å². The van der Waals surface area contributed by atoms with Crippen molar-refractivity contribution in [3.8, 4) is 5.75 Å². The molecule has 108 valence electrons. The van der Waals surface area contributed by atoms with Crippen LogP contribution in [-0.2, 0) is 4.79 Å². The van der Waals surface area contributed by atoms with E-state index < -0.39 is 18.0 Å². The molecule has 2 rings (SSSR count). The maximum absolute atomic E-state index is 12.2. The number of anilines is 1. The Bertz CT molecular complexity index is 535. The SMILES string of the molecule is COc1ccc(Cl)cc1NC(=O)N1CCC[C@H]1C(=O)O. The van der Waals surface area contributed by atoms with Gasteiger partial charge in [0.2, 0.25) is 0 Å². The lowest BCUT2D eigenvalue weighted by atomic mass is 10.2. The molecule has 0 radical (unpaired) electrons. The number of carboxylic acid groups (broad SMARTS) is 1. The van der Waals surface area contributed by atoms with Crippen LogP contribution in [0.3, 0.4) is 0 Å². The minimum absolute atomic E-state index is 0.418. The van der Waals surface area contributed by atoms with Gasteiger partial charge in [0.25, 0.3) is 0 Å². The molecule has 6 nitrogen and oxygen atoms in total. The quantitative estimate of drug-likeness (QED) is 0.898. The second kappa shape index (κ2) is 6.00. The second-order valence-corrected chi connectivity index (χ2v) is 4.90. The Morgan fingerprint density at radius 3 is 2.90 bits per heavy atom. The van der Waals surface area contributed by atoms with E-state index in [0.29, 0.717) is 35.8 Å². The van der Waals surface area contributed by atoms with E-state index in [0.717, 1.165) is 0 Å². The van der Waals surface area contributed by atoms with Gasteiger partial charge in [-0.2, -0.15) is 0 Å². The normalized spacial score (nSPS) is 17.9.